The Kier molecular flexibility index (Phi) is 6.32. The molecule has 19 heavy (non-hydrogen) atoms. The molecule has 0 fully saturated rings. The van der Waals surface area contributed by atoms with Gasteiger partial charge in [0.2, 0.25) is 10.0 Å². The number of benzene rings is 1. The topological polar surface area (TPSA) is 72.2 Å². The van der Waals surface area contributed by atoms with Crippen molar-refractivity contribution in [1.29, 1.82) is 0 Å². The van der Waals surface area contributed by atoms with Crippen LogP contribution in [0.2, 0.25) is 0 Å². The lowest BCUT2D eigenvalue weighted by Crippen LogP contribution is -2.29. The van der Waals surface area contributed by atoms with Crippen LogP contribution < -0.4 is 10.5 Å². The van der Waals surface area contributed by atoms with Crippen LogP contribution in [0.3, 0.4) is 0 Å². The summed E-state index contributed by atoms with van der Waals surface area (Å²) in [6.07, 6.45) is 3.17. The molecule has 3 N–H and O–H groups in total. The maximum Gasteiger partial charge on any atom is 0.238 e. The fourth-order valence-corrected chi connectivity index (χ4v) is 3.02. The van der Waals surface area contributed by atoms with E-state index in [0.29, 0.717) is 6.04 Å². The SMILES string of the molecule is CSCCC(C)NC(C)c1cccc(S(N)(=O)=O)c1. The third kappa shape index (κ3) is 5.52. The smallest absolute Gasteiger partial charge is 0.238 e. The second kappa shape index (κ2) is 7.28. The standard InChI is InChI=1S/C13H22N2O2S2/c1-10(7-8-18-3)15-11(2)12-5-4-6-13(9-12)19(14,16)17/h4-6,9-11,15H,7-8H2,1-3H3,(H2,14,16,17). The van der Waals surface area contributed by atoms with Crippen LogP contribution in [0, 0.1) is 0 Å². The van der Waals surface area contributed by atoms with Crippen molar-refractivity contribution < 1.29 is 8.42 Å². The van der Waals surface area contributed by atoms with Crippen molar-refractivity contribution in [2.24, 2.45) is 5.14 Å². The van der Waals surface area contributed by atoms with E-state index in [2.05, 4.69) is 18.5 Å². The van der Waals surface area contributed by atoms with Gasteiger partial charge < -0.3 is 5.32 Å². The van der Waals surface area contributed by atoms with Crippen LogP contribution in [-0.2, 0) is 10.0 Å². The molecule has 4 nitrogen and oxygen atoms in total. The summed E-state index contributed by atoms with van der Waals surface area (Å²) in [5, 5.41) is 8.60. The Morgan fingerprint density at radius 3 is 2.63 bits per heavy atom. The fourth-order valence-electron chi connectivity index (χ4n) is 1.86. The minimum atomic E-state index is -3.63. The Labute approximate surface area is 120 Å². The van der Waals surface area contributed by atoms with Gasteiger partial charge in [0.1, 0.15) is 0 Å². The van der Waals surface area contributed by atoms with E-state index in [1.54, 1.807) is 12.1 Å². The molecule has 1 aromatic carbocycles. The van der Waals surface area contributed by atoms with E-state index in [9.17, 15) is 8.42 Å². The van der Waals surface area contributed by atoms with Crippen LogP contribution in [-0.4, -0.2) is 26.5 Å². The van der Waals surface area contributed by atoms with Crippen LogP contribution in [0.5, 0.6) is 0 Å². The van der Waals surface area contributed by atoms with Gasteiger partial charge >= 0.3 is 0 Å². The van der Waals surface area contributed by atoms with Crippen LogP contribution in [0.15, 0.2) is 29.2 Å². The molecule has 108 valence electrons. The quantitative estimate of drug-likeness (QED) is 0.809. The highest BCUT2D eigenvalue weighted by Gasteiger charge is 2.13. The summed E-state index contributed by atoms with van der Waals surface area (Å²) in [7, 11) is -3.63. The summed E-state index contributed by atoms with van der Waals surface area (Å²) in [4.78, 5) is 0.162. The first-order valence-corrected chi connectivity index (χ1v) is 9.16. The first-order valence-electron chi connectivity index (χ1n) is 6.22. The van der Waals surface area contributed by atoms with Crippen molar-refractivity contribution >= 4 is 21.8 Å². The van der Waals surface area contributed by atoms with Gasteiger partial charge in [-0.2, -0.15) is 11.8 Å². The van der Waals surface area contributed by atoms with Crippen molar-refractivity contribution in [3.05, 3.63) is 29.8 Å². The third-order valence-electron chi connectivity index (χ3n) is 2.98. The first-order chi connectivity index (χ1) is 8.84. The van der Waals surface area contributed by atoms with Crippen molar-refractivity contribution in [1.82, 2.24) is 5.32 Å². The Balaban J connectivity index is 2.75. The monoisotopic (exact) mass is 302 g/mol. The Hall–Kier alpha value is -0.560. The summed E-state index contributed by atoms with van der Waals surface area (Å²) in [6, 6.07) is 7.27. The minimum Gasteiger partial charge on any atom is -0.308 e. The second-order valence-electron chi connectivity index (χ2n) is 4.69. The Bertz CT molecular complexity index is 503. The molecule has 0 aromatic heterocycles. The fraction of sp³-hybridized carbons (Fsp3) is 0.538. The van der Waals surface area contributed by atoms with Crippen LogP contribution >= 0.6 is 11.8 Å². The molecule has 0 aliphatic heterocycles. The number of rotatable bonds is 7. The van der Waals surface area contributed by atoms with Crippen LogP contribution in [0.25, 0.3) is 0 Å². The van der Waals surface area contributed by atoms with Gasteiger partial charge in [-0.25, -0.2) is 13.6 Å². The molecular formula is C13H22N2O2S2. The van der Waals surface area contributed by atoms with E-state index in [4.69, 9.17) is 5.14 Å². The summed E-state index contributed by atoms with van der Waals surface area (Å²) in [5.41, 5.74) is 0.933. The molecule has 6 heteroatoms. The number of hydrogen-bond donors (Lipinski definition) is 2. The second-order valence-corrected chi connectivity index (χ2v) is 7.24. The average molecular weight is 302 g/mol. The highest BCUT2D eigenvalue weighted by molar-refractivity contribution is 7.98. The predicted molar refractivity (Wildman–Crippen MR) is 81.8 cm³/mol. The number of hydrogen-bond acceptors (Lipinski definition) is 4. The maximum atomic E-state index is 11.3. The minimum absolute atomic E-state index is 0.0959. The number of thioether (sulfide) groups is 1. The lowest BCUT2D eigenvalue weighted by molar-refractivity contribution is 0.471. The molecular weight excluding hydrogens is 280 g/mol. The van der Waals surface area contributed by atoms with E-state index >= 15 is 0 Å². The number of primary sulfonamides is 1. The number of nitrogens with one attached hydrogen (secondary N) is 1. The molecule has 0 spiro atoms. The molecule has 0 heterocycles. The summed E-state index contributed by atoms with van der Waals surface area (Å²) >= 11 is 1.82. The van der Waals surface area contributed by atoms with Gasteiger partial charge in [0.15, 0.2) is 0 Å². The van der Waals surface area contributed by atoms with Gasteiger partial charge in [-0.3, -0.25) is 0 Å². The molecule has 1 rings (SSSR count). The number of sulfonamides is 1. The molecule has 2 unspecified atom stereocenters. The Morgan fingerprint density at radius 1 is 1.37 bits per heavy atom. The van der Waals surface area contributed by atoms with E-state index in [1.807, 2.05) is 24.8 Å². The van der Waals surface area contributed by atoms with E-state index in [0.717, 1.165) is 17.7 Å². The molecule has 0 saturated carbocycles. The number of nitrogens with two attached hydrogens (primary N) is 1. The largest absolute Gasteiger partial charge is 0.308 e. The predicted octanol–water partition coefficient (Wildman–Crippen LogP) is 2.13. The molecule has 2 atom stereocenters. The van der Waals surface area contributed by atoms with Crippen molar-refractivity contribution in [2.45, 2.75) is 37.2 Å². The molecule has 0 aliphatic carbocycles. The normalized spacial score (nSPS) is 15.2. The summed E-state index contributed by atoms with van der Waals surface area (Å²) < 4.78 is 22.7. The van der Waals surface area contributed by atoms with E-state index in [-0.39, 0.29) is 10.9 Å². The molecule has 0 aliphatic rings. The summed E-state index contributed by atoms with van der Waals surface area (Å²) in [6.45, 7) is 4.16. The lowest BCUT2D eigenvalue weighted by Gasteiger charge is -2.20. The highest BCUT2D eigenvalue weighted by atomic mass is 32.2. The highest BCUT2D eigenvalue weighted by Crippen LogP contribution is 2.17. The van der Waals surface area contributed by atoms with Crippen molar-refractivity contribution in [2.75, 3.05) is 12.0 Å². The van der Waals surface area contributed by atoms with E-state index < -0.39 is 10.0 Å². The lowest BCUT2D eigenvalue weighted by atomic mass is 10.1. The van der Waals surface area contributed by atoms with Gasteiger partial charge in [0.25, 0.3) is 0 Å². The zero-order valence-electron chi connectivity index (χ0n) is 11.6. The van der Waals surface area contributed by atoms with Crippen molar-refractivity contribution in [3.63, 3.8) is 0 Å². The zero-order chi connectivity index (χ0) is 14.5. The average Bonchev–Trinajstić information content (AvgIpc) is 2.35. The molecule has 0 bridgehead atoms. The molecule has 0 amide bonds. The van der Waals surface area contributed by atoms with Crippen LogP contribution in [0.4, 0.5) is 0 Å². The first kappa shape index (κ1) is 16.5. The molecule has 1 aromatic rings. The van der Waals surface area contributed by atoms with Gasteiger partial charge in [-0.15, -0.1) is 0 Å². The van der Waals surface area contributed by atoms with E-state index in [1.165, 1.54) is 6.07 Å². The maximum absolute atomic E-state index is 11.3. The zero-order valence-corrected chi connectivity index (χ0v) is 13.2. The summed E-state index contributed by atoms with van der Waals surface area (Å²) in [5.74, 6) is 1.11. The van der Waals surface area contributed by atoms with Crippen molar-refractivity contribution in [3.8, 4) is 0 Å². The molecule has 0 saturated heterocycles. The molecule has 0 radical (unpaired) electrons. The third-order valence-corrected chi connectivity index (χ3v) is 4.53. The van der Waals surface area contributed by atoms with Gasteiger partial charge in [-0.05, 0) is 50.0 Å². The van der Waals surface area contributed by atoms with Gasteiger partial charge in [-0.1, -0.05) is 12.1 Å². The van der Waals surface area contributed by atoms with Crippen LogP contribution in [0.1, 0.15) is 31.9 Å². The Morgan fingerprint density at radius 2 is 2.05 bits per heavy atom. The van der Waals surface area contributed by atoms with Gasteiger partial charge in [0.05, 0.1) is 4.90 Å². The van der Waals surface area contributed by atoms with Gasteiger partial charge in [0, 0.05) is 12.1 Å².